The van der Waals surface area contributed by atoms with Crippen molar-refractivity contribution in [3.8, 4) is 55.9 Å². The molecule has 0 spiro atoms. The van der Waals surface area contributed by atoms with Gasteiger partial charge in [-0.05, 0) is 183 Å². The first kappa shape index (κ1) is 51.0. The van der Waals surface area contributed by atoms with E-state index in [1.807, 2.05) is 0 Å². The van der Waals surface area contributed by atoms with Crippen LogP contribution < -0.4 is 0 Å². The predicted octanol–water partition coefficient (Wildman–Crippen LogP) is 22.0. The number of nitrogens with zero attached hydrogens (tertiary/aromatic N) is 2. The number of hydrogen-bond donors (Lipinski definition) is 0. The Morgan fingerprint density at radius 1 is 0.225 bits per heavy atom. The van der Waals surface area contributed by atoms with E-state index in [-0.39, 0.29) is 21.7 Å². The second-order valence-electron chi connectivity index (χ2n) is 26.6. The second-order valence-corrected chi connectivity index (χ2v) is 26.6. The molecule has 0 aliphatic heterocycles. The molecule has 80 heavy (non-hydrogen) atoms. The van der Waals surface area contributed by atoms with Gasteiger partial charge in [0.2, 0.25) is 0 Å². The van der Waals surface area contributed by atoms with Crippen molar-refractivity contribution in [2.24, 2.45) is 0 Å². The molecule has 2 nitrogen and oxygen atoms in total. The van der Waals surface area contributed by atoms with Crippen LogP contribution in [0.2, 0.25) is 0 Å². The van der Waals surface area contributed by atoms with E-state index >= 15 is 0 Å². The molecule has 0 radical (unpaired) electrons. The third-order valence-electron chi connectivity index (χ3n) is 17.2. The largest absolute Gasteiger partial charge is 0.309 e. The van der Waals surface area contributed by atoms with Crippen LogP contribution in [0.5, 0.6) is 0 Å². The Kier molecular flexibility index (Phi) is 11.8. The highest BCUT2D eigenvalue weighted by molar-refractivity contribution is 6.24. The molecule has 0 unspecified atom stereocenters. The van der Waals surface area contributed by atoms with Crippen LogP contribution in [0.4, 0.5) is 0 Å². The van der Waals surface area contributed by atoms with Gasteiger partial charge in [0.05, 0.1) is 22.1 Å². The van der Waals surface area contributed by atoms with Crippen molar-refractivity contribution in [1.82, 2.24) is 9.13 Å². The number of aromatic nitrogens is 2. The quantitative estimate of drug-likeness (QED) is 0.147. The standard InChI is InChI=1S/C78H72N2/c1-75(2,3)51-31-39-69-63(43-51)64-44-52(76(4,5)6)32-40-70(64)79(69)55-35-37-61-67(47-55)73(59-29-21-19-27-57(59)49-23-15-13-16-24-49)62-38-36-56(48-68(62)74(61)60-30-22-20-28-58(60)50-25-17-14-18-26-50)80-71-41-33-53(77(7,8)9)45-65(71)66-46-54(78(10,11)12)34-42-72(66)80/h13-48H,1-12H3. The van der Waals surface area contributed by atoms with Crippen molar-refractivity contribution >= 4 is 65.2 Å². The maximum atomic E-state index is 2.53. The van der Waals surface area contributed by atoms with Gasteiger partial charge in [-0.1, -0.05) is 229 Å². The van der Waals surface area contributed by atoms with Crippen LogP contribution in [0.3, 0.4) is 0 Å². The average Bonchev–Trinajstić information content (AvgIpc) is 4.13. The monoisotopic (exact) mass is 1040 g/mol. The summed E-state index contributed by atoms with van der Waals surface area (Å²) in [6, 6.07) is 83.4. The summed E-state index contributed by atoms with van der Waals surface area (Å²) < 4.78 is 5.05. The molecule has 13 aromatic rings. The van der Waals surface area contributed by atoms with Crippen molar-refractivity contribution < 1.29 is 0 Å². The van der Waals surface area contributed by atoms with Gasteiger partial charge >= 0.3 is 0 Å². The molecule has 11 aromatic carbocycles. The van der Waals surface area contributed by atoms with Crippen LogP contribution in [0, 0.1) is 0 Å². The van der Waals surface area contributed by atoms with Gasteiger partial charge in [-0.25, -0.2) is 0 Å². The lowest BCUT2D eigenvalue weighted by Gasteiger charge is -2.23. The summed E-state index contributed by atoms with van der Waals surface area (Å²) in [5, 5.41) is 9.96. The van der Waals surface area contributed by atoms with Gasteiger partial charge in [0.25, 0.3) is 0 Å². The van der Waals surface area contributed by atoms with Crippen LogP contribution in [0.1, 0.15) is 105 Å². The maximum absolute atomic E-state index is 2.53. The number of hydrogen-bond acceptors (Lipinski definition) is 0. The van der Waals surface area contributed by atoms with E-state index in [1.165, 1.54) is 132 Å². The van der Waals surface area contributed by atoms with E-state index in [1.54, 1.807) is 0 Å². The fourth-order valence-corrected chi connectivity index (χ4v) is 12.7. The zero-order chi connectivity index (χ0) is 55.6. The first-order valence-corrected chi connectivity index (χ1v) is 28.7. The minimum Gasteiger partial charge on any atom is -0.309 e. The Morgan fingerprint density at radius 3 is 0.787 bits per heavy atom. The van der Waals surface area contributed by atoms with Crippen LogP contribution in [0.15, 0.2) is 218 Å². The topological polar surface area (TPSA) is 9.86 Å². The summed E-state index contributed by atoms with van der Waals surface area (Å²) in [7, 11) is 0. The minimum atomic E-state index is -0.00523. The van der Waals surface area contributed by atoms with E-state index in [9.17, 15) is 0 Å². The van der Waals surface area contributed by atoms with Crippen molar-refractivity contribution in [2.75, 3.05) is 0 Å². The SMILES string of the molecule is CC(C)(C)c1ccc2c(c1)c1cc(C(C)(C)C)ccc1n2-c1ccc2c(-c3ccccc3-c3ccccc3)c3cc(-n4c5ccc(C(C)(C)C)cc5c5cc(C(C)(C)C)ccc54)ccc3c(-c3ccccc3-c3ccccc3)c2c1. The smallest absolute Gasteiger partial charge is 0.0541 e. The van der Waals surface area contributed by atoms with E-state index < -0.39 is 0 Å². The summed E-state index contributed by atoms with van der Waals surface area (Å²) >= 11 is 0. The molecule has 2 aromatic heterocycles. The number of fused-ring (bicyclic) bond motifs is 8. The molecular formula is C78H72N2. The lowest BCUT2D eigenvalue weighted by atomic mass is 9.82. The van der Waals surface area contributed by atoms with Gasteiger partial charge in [-0.15, -0.1) is 0 Å². The highest BCUT2D eigenvalue weighted by Crippen LogP contribution is 2.50. The van der Waals surface area contributed by atoms with E-state index in [0.29, 0.717) is 0 Å². The summed E-state index contributed by atoms with van der Waals surface area (Å²) in [5.41, 5.74) is 22.1. The van der Waals surface area contributed by atoms with Crippen LogP contribution in [0.25, 0.3) is 121 Å². The molecule has 0 aliphatic rings. The average molecular weight is 1040 g/mol. The summed E-state index contributed by atoms with van der Waals surface area (Å²) in [6.45, 7) is 27.8. The van der Waals surface area contributed by atoms with Gasteiger partial charge in [0.15, 0.2) is 0 Å². The molecule has 0 atom stereocenters. The lowest BCUT2D eigenvalue weighted by molar-refractivity contribution is 0.590. The zero-order valence-electron chi connectivity index (χ0n) is 48.7. The van der Waals surface area contributed by atoms with Gasteiger partial charge in [0.1, 0.15) is 0 Å². The first-order valence-electron chi connectivity index (χ1n) is 28.7. The molecule has 0 aliphatic carbocycles. The van der Waals surface area contributed by atoms with Crippen molar-refractivity contribution in [3.05, 3.63) is 241 Å². The Hall–Kier alpha value is -8.46. The number of benzene rings is 11. The molecule has 0 N–H and O–H groups in total. The van der Waals surface area contributed by atoms with Crippen LogP contribution in [-0.2, 0) is 21.7 Å². The van der Waals surface area contributed by atoms with E-state index in [0.717, 1.165) is 11.4 Å². The van der Waals surface area contributed by atoms with Crippen LogP contribution in [-0.4, -0.2) is 9.13 Å². The van der Waals surface area contributed by atoms with E-state index in [4.69, 9.17) is 0 Å². The third kappa shape index (κ3) is 8.54. The molecule has 394 valence electrons. The highest BCUT2D eigenvalue weighted by Gasteiger charge is 2.27. The summed E-state index contributed by atoms with van der Waals surface area (Å²) in [4.78, 5) is 0. The first-order chi connectivity index (χ1) is 38.2. The molecule has 0 bridgehead atoms. The number of rotatable bonds is 6. The molecule has 2 heterocycles. The summed E-state index contributed by atoms with van der Waals surface area (Å²) in [6.07, 6.45) is 0. The lowest BCUT2D eigenvalue weighted by Crippen LogP contribution is -2.10. The van der Waals surface area contributed by atoms with Crippen LogP contribution >= 0.6 is 0 Å². The zero-order valence-corrected chi connectivity index (χ0v) is 48.7. The Morgan fingerprint density at radius 2 is 0.500 bits per heavy atom. The molecule has 0 fully saturated rings. The maximum Gasteiger partial charge on any atom is 0.0541 e. The van der Waals surface area contributed by atoms with Crippen molar-refractivity contribution in [1.29, 1.82) is 0 Å². The van der Waals surface area contributed by atoms with Gasteiger partial charge in [-0.2, -0.15) is 0 Å². The van der Waals surface area contributed by atoms with Gasteiger partial charge in [0, 0.05) is 32.9 Å². The van der Waals surface area contributed by atoms with Crippen molar-refractivity contribution in [3.63, 3.8) is 0 Å². The van der Waals surface area contributed by atoms with E-state index in [2.05, 4.69) is 311 Å². The normalized spacial score (nSPS) is 12.8. The predicted molar refractivity (Wildman–Crippen MR) is 347 cm³/mol. The molecule has 0 amide bonds. The third-order valence-corrected chi connectivity index (χ3v) is 17.2. The molecule has 2 heteroatoms. The van der Waals surface area contributed by atoms with Gasteiger partial charge in [-0.3, -0.25) is 0 Å². The Balaban J connectivity index is 1.19. The highest BCUT2D eigenvalue weighted by atomic mass is 15.0. The fourth-order valence-electron chi connectivity index (χ4n) is 12.7. The van der Waals surface area contributed by atoms with Crippen molar-refractivity contribution in [2.45, 2.75) is 105 Å². The molecule has 13 rings (SSSR count). The van der Waals surface area contributed by atoms with Gasteiger partial charge < -0.3 is 9.13 Å². The summed E-state index contributed by atoms with van der Waals surface area (Å²) in [5.74, 6) is 0. The molecule has 0 saturated heterocycles. The fraction of sp³-hybridized carbons (Fsp3) is 0.205. The second kappa shape index (κ2) is 18.6. The Bertz CT molecular complexity index is 4150. The molecular weight excluding hydrogens is 965 g/mol. The Labute approximate surface area is 473 Å². The molecule has 0 saturated carbocycles. The minimum absolute atomic E-state index is 0.00523.